The van der Waals surface area contributed by atoms with E-state index in [1.165, 1.54) is 30.5 Å². The Morgan fingerprint density at radius 3 is 2.61 bits per heavy atom. The molecule has 38 heavy (non-hydrogen) atoms. The van der Waals surface area contributed by atoms with Crippen LogP contribution >= 0.6 is 0 Å². The molecule has 9 nitrogen and oxygen atoms in total. The minimum atomic E-state index is -4.82. The van der Waals surface area contributed by atoms with Crippen molar-refractivity contribution in [1.82, 2.24) is 15.3 Å². The van der Waals surface area contributed by atoms with Crippen LogP contribution in [0.1, 0.15) is 28.0 Å². The monoisotopic (exact) mass is 527 g/mol. The maximum atomic E-state index is 13.4. The van der Waals surface area contributed by atoms with Gasteiger partial charge in [0.1, 0.15) is 22.7 Å². The van der Waals surface area contributed by atoms with Crippen molar-refractivity contribution in [2.75, 3.05) is 6.61 Å². The number of benzene rings is 2. The maximum absolute atomic E-state index is 13.4. The number of pyridine rings is 2. The fraction of sp³-hybridized carbons (Fsp3) is 0.154. The Morgan fingerprint density at radius 2 is 1.89 bits per heavy atom. The fourth-order valence-electron chi connectivity index (χ4n) is 4.28. The molecule has 5 rings (SSSR count). The van der Waals surface area contributed by atoms with Gasteiger partial charge in [-0.15, -0.1) is 13.2 Å². The van der Waals surface area contributed by atoms with Gasteiger partial charge in [0, 0.05) is 29.8 Å². The molecule has 0 saturated carbocycles. The van der Waals surface area contributed by atoms with Gasteiger partial charge >= 0.3 is 6.36 Å². The molecule has 12 heteroatoms. The number of hydrogen-bond donors (Lipinski definition) is 3. The number of amides is 1. The molecule has 0 bridgehead atoms. The number of fused-ring (bicyclic) bond motifs is 2. The summed E-state index contributed by atoms with van der Waals surface area (Å²) in [5.74, 6) is -0.364. The van der Waals surface area contributed by atoms with E-state index in [2.05, 4.69) is 20.0 Å². The summed E-state index contributed by atoms with van der Waals surface area (Å²) in [6, 6.07) is 15.1. The van der Waals surface area contributed by atoms with Crippen molar-refractivity contribution in [3.05, 3.63) is 100 Å². The van der Waals surface area contributed by atoms with Crippen LogP contribution in [0.15, 0.2) is 77.9 Å². The molecule has 1 aliphatic rings. The number of nitrogens with one attached hydrogen (secondary N) is 2. The first kappa shape index (κ1) is 26.2. The molecular formula is C26H20F3N3O6. The summed E-state index contributed by atoms with van der Waals surface area (Å²) >= 11 is 0. The molecule has 0 aliphatic carbocycles. The number of carboxylic acid groups (broad SMARTS) is 1. The van der Waals surface area contributed by atoms with Gasteiger partial charge in [-0.05, 0) is 59.5 Å². The maximum Gasteiger partial charge on any atom is 0.573 e. The highest BCUT2D eigenvalue weighted by Gasteiger charge is 2.42. The highest BCUT2D eigenvalue weighted by Crippen LogP contribution is 2.41. The molecule has 1 atom stereocenters. The lowest BCUT2D eigenvalue weighted by Gasteiger charge is -2.39. The van der Waals surface area contributed by atoms with Crippen molar-refractivity contribution < 1.29 is 37.3 Å². The predicted octanol–water partition coefficient (Wildman–Crippen LogP) is 3.98. The molecule has 2 aromatic heterocycles. The number of hydrogen-bond acceptors (Lipinski definition) is 6. The second-order valence-corrected chi connectivity index (χ2v) is 8.09. The third kappa shape index (κ3) is 5.43. The molecule has 1 amide bonds. The van der Waals surface area contributed by atoms with Crippen LogP contribution in [-0.2, 0) is 10.3 Å². The van der Waals surface area contributed by atoms with Crippen LogP contribution in [0, 0.1) is 0 Å². The second-order valence-electron chi connectivity index (χ2n) is 8.09. The van der Waals surface area contributed by atoms with Gasteiger partial charge in [0.15, 0.2) is 0 Å². The highest BCUT2D eigenvalue weighted by atomic mass is 19.4. The molecule has 0 spiro atoms. The van der Waals surface area contributed by atoms with E-state index in [4.69, 9.17) is 14.6 Å². The quantitative estimate of drug-likeness (QED) is 0.342. The smallest absolute Gasteiger partial charge is 0.491 e. The number of carbonyl (C=O) groups excluding carboxylic acids is 1. The summed E-state index contributed by atoms with van der Waals surface area (Å²) in [6.07, 6.45) is -1.48. The Kier molecular flexibility index (Phi) is 7.33. The van der Waals surface area contributed by atoms with E-state index in [0.29, 0.717) is 33.3 Å². The third-order valence-electron chi connectivity index (χ3n) is 5.85. The van der Waals surface area contributed by atoms with Gasteiger partial charge < -0.3 is 24.9 Å². The first-order valence-electron chi connectivity index (χ1n) is 11.1. The van der Waals surface area contributed by atoms with Gasteiger partial charge in [-0.2, -0.15) is 0 Å². The Bertz CT molecular complexity index is 1520. The number of ether oxygens (including phenoxy) is 2. The summed E-state index contributed by atoms with van der Waals surface area (Å²) in [5.41, 5.74) is -0.188. The zero-order valence-corrected chi connectivity index (χ0v) is 19.5. The SMILES string of the molecule is O=C(NC1(c2ccc(OC(F)(F)F)cc2)CCOc2cccnc21)c1ccc2c(=O)[nH]ccc2c1.O=CO. The number of halogens is 3. The van der Waals surface area contributed by atoms with Crippen molar-refractivity contribution in [2.45, 2.75) is 18.3 Å². The first-order chi connectivity index (χ1) is 18.2. The van der Waals surface area contributed by atoms with E-state index in [-0.39, 0.29) is 30.8 Å². The van der Waals surface area contributed by atoms with E-state index in [9.17, 15) is 22.8 Å². The van der Waals surface area contributed by atoms with Gasteiger partial charge in [0.2, 0.25) is 0 Å². The number of alkyl halides is 3. The lowest BCUT2D eigenvalue weighted by Crippen LogP contribution is -2.50. The number of aromatic amines is 1. The summed E-state index contributed by atoms with van der Waals surface area (Å²) in [4.78, 5) is 40.8. The second kappa shape index (κ2) is 10.6. The third-order valence-corrected chi connectivity index (χ3v) is 5.85. The zero-order chi connectivity index (χ0) is 27.3. The predicted molar refractivity (Wildman–Crippen MR) is 129 cm³/mol. The lowest BCUT2D eigenvalue weighted by molar-refractivity contribution is -0.274. The minimum Gasteiger partial charge on any atom is -0.491 e. The Morgan fingerprint density at radius 1 is 1.16 bits per heavy atom. The molecule has 0 saturated heterocycles. The summed E-state index contributed by atoms with van der Waals surface area (Å²) < 4.78 is 47.6. The number of rotatable bonds is 4. The highest BCUT2D eigenvalue weighted by molar-refractivity contribution is 5.99. The van der Waals surface area contributed by atoms with Crippen LogP contribution in [0.2, 0.25) is 0 Å². The van der Waals surface area contributed by atoms with Crippen LogP contribution in [0.3, 0.4) is 0 Å². The van der Waals surface area contributed by atoms with E-state index >= 15 is 0 Å². The molecule has 4 aromatic rings. The topological polar surface area (TPSA) is 131 Å². The Labute approximate surface area is 212 Å². The minimum absolute atomic E-state index is 0.243. The number of carbonyl (C=O) groups is 2. The lowest BCUT2D eigenvalue weighted by atomic mass is 9.81. The Balaban J connectivity index is 0.00000107. The van der Waals surface area contributed by atoms with Crippen molar-refractivity contribution in [3.63, 3.8) is 0 Å². The van der Waals surface area contributed by atoms with E-state index in [1.807, 2.05) is 0 Å². The average Bonchev–Trinajstić information content (AvgIpc) is 2.89. The number of nitrogens with zero attached hydrogens (tertiary/aromatic N) is 1. The van der Waals surface area contributed by atoms with Crippen molar-refractivity contribution in [3.8, 4) is 11.5 Å². The first-order valence-corrected chi connectivity index (χ1v) is 11.1. The zero-order valence-electron chi connectivity index (χ0n) is 19.5. The van der Waals surface area contributed by atoms with Crippen LogP contribution in [-0.4, -0.2) is 40.4 Å². The summed E-state index contributed by atoms with van der Waals surface area (Å²) in [5, 5.41) is 11.0. The molecule has 3 heterocycles. The fourth-order valence-corrected chi connectivity index (χ4v) is 4.28. The van der Waals surface area contributed by atoms with E-state index in [0.717, 1.165) is 0 Å². The van der Waals surface area contributed by atoms with E-state index < -0.39 is 17.8 Å². The van der Waals surface area contributed by atoms with Crippen LogP contribution in [0.5, 0.6) is 11.5 Å². The molecule has 0 fully saturated rings. The van der Waals surface area contributed by atoms with Crippen LogP contribution < -0.4 is 20.3 Å². The molecule has 1 unspecified atom stereocenters. The standard InChI is InChI=1S/C25H18F3N3O4.CH2O2/c26-25(27,28)35-18-6-4-17(5-7-18)24(10-13-34-20-2-1-11-29-21(20)24)31-22(32)16-3-8-19-15(14-16)9-12-30-23(19)33;2-1-3/h1-9,11-12,14H,10,13H2,(H,30,33)(H,31,32);1H,(H,2,3). The molecule has 1 aliphatic heterocycles. The van der Waals surface area contributed by atoms with Crippen molar-refractivity contribution in [1.29, 1.82) is 0 Å². The molecular weight excluding hydrogens is 507 g/mol. The molecule has 3 N–H and O–H groups in total. The molecule has 0 radical (unpaired) electrons. The molecule has 196 valence electrons. The van der Waals surface area contributed by atoms with Crippen LogP contribution in [0.4, 0.5) is 13.2 Å². The average molecular weight is 527 g/mol. The van der Waals surface area contributed by atoms with Crippen molar-refractivity contribution >= 4 is 23.2 Å². The largest absolute Gasteiger partial charge is 0.573 e. The Hall–Kier alpha value is -4.87. The normalized spacial score (nSPS) is 16.3. The molecule has 2 aromatic carbocycles. The van der Waals surface area contributed by atoms with Gasteiger partial charge in [0.05, 0.1) is 6.61 Å². The number of aromatic nitrogens is 2. The van der Waals surface area contributed by atoms with Gasteiger partial charge in [0.25, 0.3) is 17.9 Å². The van der Waals surface area contributed by atoms with Gasteiger partial charge in [-0.3, -0.25) is 19.4 Å². The van der Waals surface area contributed by atoms with E-state index in [1.54, 1.807) is 42.6 Å². The van der Waals surface area contributed by atoms with Crippen molar-refractivity contribution in [2.24, 2.45) is 0 Å². The summed E-state index contributed by atoms with van der Waals surface area (Å²) in [7, 11) is 0. The summed E-state index contributed by atoms with van der Waals surface area (Å²) in [6.45, 7) is -0.00707. The van der Waals surface area contributed by atoms with Gasteiger partial charge in [-0.1, -0.05) is 12.1 Å². The van der Waals surface area contributed by atoms with Gasteiger partial charge in [-0.25, -0.2) is 0 Å². The van der Waals surface area contributed by atoms with Crippen LogP contribution in [0.25, 0.3) is 10.8 Å². The number of H-pyrrole nitrogens is 1.